The summed E-state index contributed by atoms with van der Waals surface area (Å²) in [5, 5.41) is 16.5. The van der Waals surface area contributed by atoms with Crippen molar-refractivity contribution < 1.29 is 29.3 Å². The Labute approximate surface area is 68.7 Å². The van der Waals surface area contributed by atoms with Crippen LogP contribution in [0, 0.1) is 5.92 Å². The van der Waals surface area contributed by atoms with Crippen LogP contribution in [0.4, 0.5) is 0 Å². The van der Waals surface area contributed by atoms with Gasteiger partial charge < -0.3 is 15.1 Å². The molecule has 0 aromatic carbocycles. The molecular formula is C5H7O6P. The molecule has 0 aliphatic carbocycles. The zero-order chi connectivity index (χ0) is 9.72. The molecule has 2 atom stereocenters. The summed E-state index contributed by atoms with van der Waals surface area (Å²) in [6.07, 6.45) is -1.30. The lowest BCUT2D eigenvalue weighted by Crippen LogP contribution is -2.21. The molecule has 0 aromatic heterocycles. The molecule has 0 amide bonds. The van der Waals surface area contributed by atoms with Crippen molar-refractivity contribution in [3.8, 4) is 0 Å². The first-order valence-corrected chi connectivity index (χ1v) is 4.36. The van der Waals surface area contributed by atoms with E-state index in [1.54, 1.807) is 0 Å². The quantitative estimate of drug-likeness (QED) is 0.557. The zero-order valence-corrected chi connectivity index (χ0v) is 6.86. The third-order valence-corrected chi connectivity index (χ3v) is 1.88. The van der Waals surface area contributed by atoms with Gasteiger partial charge >= 0.3 is 20.0 Å². The van der Waals surface area contributed by atoms with Gasteiger partial charge in [0.15, 0.2) is 6.16 Å². The van der Waals surface area contributed by atoms with E-state index in [-0.39, 0.29) is 0 Å². The molecule has 0 aliphatic heterocycles. The summed E-state index contributed by atoms with van der Waals surface area (Å²) in [5.41, 5.74) is 0. The fourth-order valence-corrected chi connectivity index (χ4v) is 1.27. The van der Waals surface area contributed by atoms with Crippen LogP contribution >= 0.6 is 8.03 Å². The second-order valence-electron chi connectivity index (χ2n) is 2.15. The first-order valence-electron chi connectivity index (χ1n) is 3.00. The first kappa shape index (κ1) is 11.0. The monoisotopic (exact) mass is 194 g/mol. The lowest BCUT2D eigenvalue weighted by Gasteiger charge is -2.02. The Morgan fingerprint density at radius 1 is 1.42 bits per heavy atom. The Hall–Kier alpha value is -1.00. The molecule has 0 spiro atoms. The molecule has 7 heteroatoms. The number of hydrogen-bond acceptors (Lipinski definition) is 4. The Morgan fingerprint density at radius 2 is 1.92 bits per heavy atom. The van der Waals surface area contributed by atoms with Crippen molar-refractivity contribution in [3.05, 3.63) is 0 Å². The van der Waals surface area contributed by atoms with Crippen molar-refractivity contribution in [2.45, 2.75) is 6.42 Å². The molecule has 0 rings (SSSR count). The number of carboxylic acid groups (broad SMARTS) is 2. The van der Waals surface area contributed by atoms with Gasteiger partial charge in [-0.2, -0.15) is 0 Å². The van der Waals surface area contributed by atoms with E-state index in [4.69, 9.17) is 10.2 Å². The second kappa shape index (κ2) is 4.79. The molecule has 68 valence electrons. The van der Waals surface area contributed by atoms with E-state index in [9.17, 15) is 19.0 Å². The fraction of sp³-hybridized carbons (Fsp3) is 0.600. The van der Waals surface area contributed by atoms with Gasteiger partial charge in [-0.05, 0) is 0 Å². The normalized spacial score (nSPS) is 13.6. The molecule has 0 aromatic rings. The molecule has 0 fully saturated rings. The van der Waals surface area contributed by atoms with E-state index in [0.717, 1.165) is 0 Å². The highest BCUT2D eigenvalue weighted by molar-refractivity contribution is 7.36. The predicted molar refractivity (Wildman–Crippen MR) is 35.9 cm³/mol. The van der Waals surface area contributed by atoms with Crippen molar-refractivity contribution in [3.63, 3.8) is 0 Å². The largest absolute Gasteiger partial charge is 0.596 e. The number of aliphatic carboxylic acids is 2. The summed E-state index contributed by atoms with van der Waals surface area (Å²) in [6.45, 7) is 0. The predicted octanol–water partition coefficient (Wildman–Crippen LogP) is -0.735. The third kappa shape index (κ3) is 4.76. The zero-order valence-electron chi connectivity index (χ0n) is 5.97. The van der Waals surface area contributed by atoms with Gasteiger partial charge in [0.25, 0.3) is 0 Å². The van der Waals surface area contributed by atoms with E-state index >= 15 is 0 Å². The summed E-state index contributed by atoms with van der Waals surface area (Å²) < 4.78 is 10.1. The maximum atomic E-state index is 10.2. The Balaban J connectivity index is 4.14. The third-order valence-electron chi connectivity index (χ3n) is 1.14. The average molecular weight is 194 g/mol. The van der Waals surface area contributed by atoms with Gasteiger partial charge in [-0.3, -0.25) is 9.59 Å². The van der Waals surface area contributed by atoms with Gasteiger partial charge in [0.2, 0.25) is 0 Å². The molecule has 12 heavy (non-hydrogen) atoms. The van der Waals surface area contributed by atoms with Crippen molar-refractivity contribution >= 4 is 20.0 Å². The van der Waals surface area contributed by atoms with Crippen LogP contribution in [-0.2, 0) is 14.2 Å². The number of rotatable bonds is 5. The summed E-state index contributed by atoms with van der Waals surface area (Å²) in [4.78, 5) is 30.4. The number of carbonyl (C=O) groups is 2. The molecular weight excluding hydrogens is 187 g/mol. The van der Waals surface area contributed by atoms with Crippen LogP contribution in [0.1, 0.15) is 6.42 Å². The molecule has 0 aliphatic rings. The summed E-state index contributed by atoms with van der Waals surface area (Å²) >= 11 is 0. The van der Waals surface area contributed by atoms with Crippen LogP contribution in [0.5, 0.6) is 0 Å². The summed E-state index contributed by atoms with van der Waals surface area (Å²) in [5.74, 6) is -4.07. The van der Waals surface area contributed by atoms with Crippen LogP contribution in [0.3, 0.4) is 0 Å². The molecule has 0 radical (unpaired) electrons. The van der Waals surface area contributed by atoms with Crippen molar-refractivity contribution in [2.24, 2.45) is 5.92 Å². The highest BCUT2D eigenvalue weighted by Crippen LogP contribution is 2.16. The Bertz CT molecular complexity index is 196. The fourth-order valence-electron chi connectivity index (χ4n) is 0.621. The highest BCUT2D eigenvalue weighted by atomic mass is 31.1. The van der Waals surface area contributed by atoms with E-state index in [1.807, 2.05) is 0 Å². The maximum absolute atomic E-state index is 10.2. The minimum atomic E-state index is -2.85. The van der Waals surface area contributed by atoms with E-state index in [2.05, 4.69) is 0 Å². The second-order valence-corrected chi connectivity index (χ2v) is 3.18. The average Bonchev–Trinajstić information content (AvgIpc) is 1.83. The lowest BCUT2D eigenvalue weighted by atomic mass is 10.1. The van der Waals surface area contributed by atoms with Crippen LogP contribution < -0.4 is 4.89 Å². The topological polar surface area (TPSA) is 115 Å². The smallest absolute Gasteiger partial charge is 0.311 e. The molecule has 0 bridgehead atoms. The van der Waals surface area contributed by atoms with Gasteiger partial charge in [-0.1, -0.05) is 4.57 Å². The number of carboxylic acids is 2. The van der Waals surface area contributed by atoms with E-state index in [0.29, 0.717) is 0 Å². The summed E-state index contributed by atoms with van der Waals surface area (Å²) in [6, 6.07) is 0. The Morgan fingerprint density at radius 3 is 2.17 bits per heavy atom. The number of hydrogen-bond donors (Lipinski definition) is 2. The molecule has 2 N–H and O–H groups in total. The van der Waals surface area contributed by atoms with Gasteiger partial charge in [0, 0.05) is 0 Å². The van der Waals surface area contributed by atoms with Gasteiger partial charge in [-0.25, -0.2) is 0 Å². The van der Waals surface area contributed by atoms with Gasteiger partial charge in [-0.15, -0.1) is 0 Å². The Kier molecular flexibility index (Phi) is 4.39. The molecule has 0 saturated heterocycles. The molecule has 0 saturated carbocycles. The minimum absolute atomic E-state index is 0.628. The van der Waals surface area contributed by atoms with Crippen molar-refractivity contribution in [2.75, 3.05) is 6.16 Å². The summed E-state index contributed by atoms with van der Waals surface area (Å²) in [7, 11) is -2.85. The lowest BCUT2D eigenvalue weighted by molar-refractivity contribution is -0.166. The van der Waals surface area contributed by atoms with Crippen molar-refractivity contribution in [1.29, 1.82) is 0 Å². The van der Waals surface area contributed by atoms with Crippen molar-refractivity contribution in [1.82, 2.24) is 0 Å². The molecule has 0 heterocycles. The van der Waals surface area contributed by atoms with Gasteiger partial charge in [0.05, 0.1) is 6.42 Å². The van der Waals surface area contributed by atoms with Crippen LogP contribution in [0.15, 0.2) is 0 Å². The molecule has 2 unspecified atom stereocenters. The molecule has 6 nitrogen and oxygen atoms in total. The SMILES string of the molecule is O=C(O)CC(C[P+](=O)[O-])C(=O)O. The maximum Gasteiger partial charge on any atom is 0.311 e. The standard InChI is InChI=1S/C5H7O6P/c6-4(7)1-3(5(8)9)2-12(10)11/h3H,1-2H2,(H,6,7)(H,8,9). The van der Waals surface area contributed by atoms with E-state index < -0.39 is 38.5 Å². The first-order chi connectivity index (χ1) is 5.43. The minimum Gasteiger partial charge on any atom is -0.596 e. The van der Waals surface area contributed by atoms with Gasteiger partial charge in [0.1, 0.15) is 5.92 Å². The van der Waals surface area contributed by atoms with E-state index in [1.165, 1.54) is 0 Å². The highest BCUT2D eigenvalue weighted by Gasteiger charge is 2.26. The van der Waals surface area contributed by atoms with Crippen LogP contribution in [-0.4, -0.2) is 28.3 Å². The van der Waals surface area contributed by atoms with Crippen LogP contribution in [0.25, 0.3) is 0 Å². The van der Waals surface area contributed by atoms with Crippen LogP contribution in [0.2, 0.25) is 0 Å².